The van der Waals surface area contributed by atoms with Crippen molar-refractivity contribution < 1.29 is 9.84 Å². The summed E-state index contributed by atoms with van der Waals surface area (Å²) in [6, 6.07) is 0. The summed E-state index contributed by atoms with van der Waals surface area (Å²) < 4.78 is 5.22. The Morgan fingerprint density at radius 2 is 1.80 bits per heavy atom. The van der Waals surface area contributed by atoms with Crippen molar-refractivity contribution in [2.45, 2.75) is 19.3 Å². The van der Waals surface area contributed by atoms with Gasteiger partial charge in [0.2, 0.25) is 0 Å². The van der Waals surface area contributed by atoms with E-state index in [4.69, 9.17) is 9.84 Å². The van der Waals surface area contributed by atoms with E-state index in [1.165, 1.54) is 0 Å². The molecule has 0 heterocycles. The molecule has 0 aliphatic heterocycles. The second kappa shape index (κ2) is 9.27. The Morgan fingerprint density at radius 1 is 1.10 bits per heavy atom. The molecule has 0 aromatic rings. The van der Waals surface area contributed by atoms with Gasteiger partial charge in [-0.25, -0.2) is 0 Å². The molecule has 0 aliphatic carbocycles. The summed E-state index contributed by atoms with van der Waals surface area (Å²) in [5, 5.41) is 8.40. The molecule has 0 atom stereocenters. The van der Waals surface area contributed by atoms with Gasteiger partial charge < -0.3 is 9.84 Å². The molecule has 10 heavy (non-hydrogen) atoms. The molecule has 1 N–H and O–H groups in total. The zero-order chi connectivity index (χ0) is 7.66. The van der Waals surface area contributed by atoms with Crippen LogP contribution >= 0.6 is 12.6 Å². The van der Waals surface area contributed by atoms with Crippen LogP contribution in [0.1, 0.15) is 19.3 Å². The van der Waals surface area contributed by atoms with E-state index in [0.29, 0.717) is 0 Å². The maximum absolute atomic E-state index is 8.40. The lowest BCUT2D eigenvalue weighted by Gasteiger charge is -2.00. The van der Waals surface area contributed by atoms with Crippen LogP contribution < -0.4 is 0 Å². The second-order valence-corrected chi connectivity index (χ2v) is 2.57. The summed E-state index contributed by atoms with van der Waals surface area (Å²) in [7, 11) is 0. The highest BCUT2D eigenvalue weighted by atomic mass is 32.1. The molecule has 0 aliphatic rings. The smallest absolute Gasteiger partial charge is 0.0473 e. The van der Waals surface area contributed by atoms with Crippen molar-refractivity contribution in [2.75, 3.05) is 25.6 Å². The van der Waals surface area contributed by atoms with E-state index in [1.807, 2.05) is 0 Å². The van der Waals surface area contributed by atoms with Gasteiger partial charge in [0.15, 0.2) is 0 Å². The number of thiol groups is 1. The molecule has 0 unspecified atom stereocenters. The molecular formula is C7H16O2S. The van der Waals surface area contributed by atoms with Crippen LogP contribution in [0.3, 0.4) is 0 Å². The number of hydrogen-bond donors (Lipinski definition) is 2. The standard InChI is InChI=1S/C7H16O2S/c8-4-1-2-5-9-6-3-7-10/h8,10H,1-7H2. The monoisotopic (exact) mass is 164 g/mol. The summed E-state index contributed by atoms with van der Waals surface area (Å²) >= 11 is 4.04. The van der Waals surface area contributed by atoms with Crippen molar-refractivity contribution in [1.82, 2.24) is 0 Å². The number of ether oxygens (including phenoxy) is 1. The Balaban J connectivity index is 2.65. The van der Waals surface area contributed by atoms with Gasteiger partial charge in [-0.05, 0) is 25.0 Å². The molecule has 3 heteroatoms. The zero-order valence-electron chi connectivity index (χ0n) is 6.25. The van der Waals surface area contributed by atoms with Crippen LogP contribution in [0.15, 0.2) is 0 Å². The van der Waals surface area contributed by atoms with E-state index in [1.54, 1.807) is 0 Å². The van der Waals surface area contributed by atoms with Gasteiger partial charge in [0.05, 0.1) is 0 Å². The van der Waals surface area contributed by atoms with Crippen molar-refractivity contribution in [1.29, 1.82) is 0 Å². The SMILES string of the molecule is OCCCCOCCCS. The molecule has 0 spiro atoms. The maximum atomic E-state index is 8.40. The molecule has 2 nitrogen and oxygen atoms in total. The fourth-order valence-electron chi connectivity index (χ4n) is 0.585. The van der Waals surface area contributed by atoms with E-state index in [-0.39, 0.29) is 6.61 Å². The summed E-state index contributed by atoms with van der Waals surface area (Å²) in [6.45, 7) is 1.85. The Hall–Kier alpha value is 0.270. The van der Waals surface area contributed by atoms with Gasteiger partial charge >= 0.3 is 0 Å². The van der Waals surface area contributed by atoms with Crippen molar-refractivity contribution in [2.24, 2.45) is 0 Å². The highest BCUT2D eigenvalue weighted by Crippen LogP contribution is 1.90. The lowest BCUT2D eigenvalue weighted by Crippen LogP contribution is -1.98. The van der Waals surface area contributed by atoms with Crippen LogP contribution in [0, 0.1) is 0 Å². The first-order valence-electron chi connectivity index (χ1n) is 3.71. The third-order valence-electron chi connectivity index (χ3n) is 1.14. The molecule has 0 aromatic heterocycles. The van der Waals surface area contributed by atoms with Crippen molar-refractivity contribution in [3.8, 4) is 0 Å². The molecular weight excluding hydrogens is 148 g/mol. The average Bonchev–Trinajstić information content (AvgIpc) is 1.97. The molecule has 0 saturated carbocycles. The van der Waals surface area contributed by atoms with Gasteiger partial charge in [-0.1, -0.05) is 0 Å². The molecule has 0 radical (unpaired) electrons. The minimum atomic E-state index is 0.274. The molecule has 0 fully saturated rings. The van der Waals surface area contributed by atoms with Gasteiger partial charge in [-0.15, -0.1) is 0 Å². The molecule has 0 saturated heterocycles. The van der Waals surface area contributed by atoms with Crippen LogP contribution in [0.5, 0.6) is 0 Å². The number of hydrogen-bond acceptors (Lipinski definition) is 3. The van der Waals surface area contributed by atoms with E-state index in [2.05, 4.69) is 12.6 Å². The van der Waals surface area contributed by atoms with Crippen LogP contribution in [0.4, 0.5) is 0 Å². The van der Waals surface area contributed by atoms with Crippen molar-refractivity contribution in [3.05, 3.63) is 0 Å². The normalized spacial score (nSPS) is 10.2. The fraction of sp³-hybridized carbons (Fsp3) is 1.00. The van der Waals surface area contributed by atoms with E-state index in [0.717, 1.165) is 38.2 Å². The quantitative estimate of drug-likeness (QED) is 0.436. The highest BCUT2D eigenvalue weighted by Gasteiger charge is 1.87. The molecule has 62 valence electrons. The van der Waals surface area contributed by atoms with Crippen LogP contribution in [0.25, 0.3) is 0 Å². The van der Waals surface area contributed by atoms with E-state index in [9.17, 15) is 0 Å². The largest absolute Gasteiger partial charge is 0.396 e. The maximum Gasteiger partial charge on any atom is 0.0473 e. The fourth-order valence-corrected chi connectivity index (χ4v) is 0.714. The topological polar surface area (TPSA) is 29.5 Å². The van der Waals surface area contributed by atoms with Gasteiger partial charge in [0.1, 0.15) is 0 Å². The van der Waals surface area contributed by atoms with Gasteiger partial charge in [0.25, 0.3) is 0 Å². The Labute approximate surface area is 68.0 Å². The first-order valence-corrected chi connectivity index (χ1v) is 4.34. The number of unbranched alkanes of at least 4 members (excludes halogenated alkanes) is 1. The lowest BCUT2D eigenvalue weighted by atomic mass is 10.3. The number of aliphatic hydroxyl groups excluding tert-OH is 1. The molecule has 0 aromatic carbocycles. The first kappa shape index (κ1) is 10.3. The predicted molar refractivity (Wildman–Crippen MR) is 45.6 cm³/mol. The molecule has 0 bridgehead atoms. The number of rotatable bonds is 7. The summed E-state index contributed by atoms with van der Waals surface area (Å²) in [5.41, 5.74) is 0. The van der Waals surface area contributed by atoms with Crippen molar-refractivity contribution in [3.63, 3.8) is 0 Å². The van der Waals surface area contributed by atoms with Gasteiger partial charge in [-0.3, -0.25) is 0 Å². The highest BCUT2D eigenvalue weighted by molar-refractivity contribution is 7.80. The summed E-state index contributed by atoms with van der Waals surface area (Å²) in [6.07, 6.45) is 2.83. The minimum Gasteiger partial charge on any atom is -0.396 e. The van der Waals surface area contributed by atoms with Crippen molar-refractivity contribution >= 4 is 12.6 Å². The first-order chi connectivity index (χ1) is 4.91. The van der Waals surface area contributed by atoms with Crippen LogP contribution in [-0.4, -0.2) is 30.7 Å². The Morgan fingerprint density at radius 3 is 2.40 bits per heavy atom. The number of aliphatic hydroxyl groups is 1. The van der Waals surface area contributed by atoms with Gasteiger partial charge in [-0.2, -0.15) is 12.6 Å². The Bertz CT molecular complexity index is 51.6. The molecule has 0 rings (SSSR count). The predicted octanol–water partition coefficient (Wildman–Crippen LogP) is 1.10. The van der Waals surface area contributed by atoms with Crippen LogP contribution in [0.2, 0.25) is 0 Å². The van der Waals surface area contributed by atoms with Gasteiger partial charge in [0, 0.05) is 19.8 Å². The third kappa shape index (κ3) is 8.27. The van der Waals surface area contributed by atoms with Crippen LogP contribution in [-0.2, 0) is 4.74 Å². The second-order valence-electron chi connectivity index (χ2n) is 2.12. The summed E-state index contributed by atoms with van der Waals surface area (Å²) in [5.74, 6) is 0.889. The third-order valence-corrected chi connectivity index (χ3v) is 1.46. The average molecular weight is 164 g/mol. The minimum absolute atomic E-state index is 0.274. The molecule has 0 amide bonds. The van der Waals surface area contributed by atoms with E-state index < -0.39 is 0 Å². The summed E-state index contributed by atoms with van der Waals surface area (Å²) in [4.78, 5) is 0. The lowest BCUT2D eigenvalue weighted by molar-refractivity contribution is 0.126. The zero-order valence-corrected chi connectivity index (χ0v) is 7.15. The Kier molecular flexibility index (Phi) is 9.52. The van der Waals surface area contributed by atoms with E-state index >= 15 is 0 Å².